The van der Waals surface area contributed by atoms with Crippen LogP contribution in [0.15, 0.2) is 28.8 Å². The Bertz CT molecular complexity index is 582. The highest BCUT2D eigenvalue weighted by atomic mass is 19.1. The van der Waals surface area contributed by atoms with Crippen molar-refractivity contribution < 1.29 is 13.7 Å². The number of hydrogen-bond donors (Lipinski definition) is 0. The molecule has 4 nitrogen and oxygen atoms in total. The molecule has 1 aromatic carbocycles. The predicted octanol–water partition coefficient (Wildman–Crippen LogP) is 3.10. The third-order valence-corrected chi connectivity index (χ3v) is 3.44. The molecule has 0 radical (unpaired) electrons. The van der Waals surface area contributed by atoms with Crippen molar-refractivity contribution in [2.45, 2.75) is 31.6 Å². The summed E-state index contributed by atoms with van der Waals surface area (Å²) < 4.78 is 18.1. The van der Waals surface area contributed by atoms with Gasteiger partial charge in [0.25, 0.3) is 0 Å². The first-order valence-corrected chi connectivity index (χ1v) is 6.33. The van der Waals surface area contributed by atoms with E-state index < -0.39 is 0 Å². The monoisotopic (exact) mass is 260 g/mol. The van der Waals surface area contributed by atoms with Crippen LogP contribution in [0.5, 0.6) is 0 Å². The number of Topliss-reactive ketones (excluding diaryl/α,β-unsaturated/α-hetero) is 1. The molecule has 5 heteroatoms. The van der Waals surface area contributed by atoms with Gasteiger partial charge in [0.15, 0.2) is 0 Å². The number of ketones is 1. The molecule has 0 saturated heterocycles. The van der Waals surface area contributed by atoms with Gasteiger partial charge >= 0.3 is 0 Å². The van der Waals surface area contributed by atoms with Gasteiger partial charge in [0.05, 0.1) is 0 Å². The Balaban J connectivity index is 1.79. The van der Waals surface area contributed by atoms with E-state index in [9.17, 15) is 9.18 Å². The van der Waals surface area contributed by atoms with Crippen LogP contribution >= 0.6 is 0 Å². The number of rotatable bonds is 2. The summed E-state index contributed by atoms with van der Waals surface area (Å²) in [5.74, 6) is 1.21. The Morgan fingerprint density at radius 1 is 1.16 bits per heavy atom. The smallest absolute Gasteiger partial charge is 0.230 e. The van der Waals surface area contributed by atoms with Crippen LogP contribution in [0.3, 0.4) is 0 Å². The summed E-state index contributed by atoms with van der Waals surface area (Å²) in [5.41, 5.74) is 0.725. The van der Waals surface area contributed by atoms with Crippen LogP contribution in [0, 0.1) is 5.82 Å². The topological polar surface area (TPSA) is 56.0 Å². The molecule has 3 rings (SSSR count). The number of carbonyl (C=O) groups excluding carboxylic acids is 1. The molecule has 19 heavy (non-hydrogen) atoms. The van der Waals surface area contributed by atoms with E-state index in [0.717, 1.165) is 18.4 Å². The number of nitrogens with zero attached hydrogens (tertiary/aromatic N) is 2. The van der Waals surface area contributed by atoms with Gasteiger partial charge in [-0.15, -0.1) is 0 Å². The average Bonchev–Trinajstić information content (AvgIpc) is 2.90. The number of hydrogen-bond acceptors (Lipinski definition) is 4. The van der Waals surface area contributed by atoms with Crippen molar-refractivity contribution >= 4 is 5.78 Å². The lowest BCUT2D eigenvalue weighted by Crippen LogP contribution is -2.12. The maximum absolute atomic E-state index is 12.8. The fourth-order valence-electron chi connectivity index (χ4n) is 2.30. The molecule has 0 N–H and O–H groups in total. The lowest BCUT2D eigenvalue weighted by molar-refractivity contribution is -0.120. The molecule has 1 aliphatic carbocycles. The largest absolute Gasteiger partial charge is 0.339 e. The second-order valence-corrected chi connectivity index (χ2v) is 4.78. The van der Waals surface area contributed by atoms with Gasteiger partial charge in [-0.1, -0.05) is 5.16 Å². The molecule has 0 aliphatic heterocycles. The lowest BCUT2D eigenvalue weighted by Gasteiger charge is -2.16. The van der Waals surface area contributed by atoms with Gasteiger partial charge in [0.2, 0.25) is 11.7 Å². The molecule has 1 aliphatic rings. The zero-order valence-electron chi connectivity index (χ0n) is 10.3. The van der Waals surface area contributed by atoms with E-state index in [1.807, 2.05) is 0 Å². The van der Waals surface area contributed by atoms with E-state index in [-0.39, 0.29) is 11.7 Å². The van der Waals surface area contributed by atoms with Crippen LogP contribution in [0.2, 0.25) is 0 Å². The predicted molar refractivity (Wildman–Crippen MR) is 65.9 cm³/mol. The highest BCUT2D eigenvalue weighted by Gasteiger charge is 2.25. The normalized spacial score (nSPS) is 16.8. The zero-order valence-corrected chi connectivity index (χ0v) is 10.3. The van der Waals surface area contributed by atoms with Gasteiger partial charge in [0, 0.05) is 24.3 Å². The van der Waals surface area contributed by atoms with E-state index in [0.29, 0.717) is 30.3 Å². The molecule has 1 heterocycles. The number of halogens is 1. The Morgan fingerprint density at radius 3 is 2.53 bits per heavy atom. The van der Waals surface area contributed by atoms with E-state index in [2.05, 4.69) is 10.1 Å². The summed E-state index contributed by atoms with van der Waals surface area (Å²) in [4.78, 5) is 15.5. The van der Waals surface area contributed by atoms with E-state index >= 15 is 0 Å². The maximum Gasteiger partial charge on any atom is 0.230 e. The third kappa shape index (κ3) is 2.54. The molecule has 1 fully saturated rings. The summed E-state index contributed by atoms with van der Waals surface area (Å²) in [7, 11) is 0. The molecule has 0 atom stereocenters. The second-order valence-electron chi connectivity index (χ2n) is 4.78. The fourth-order valence-corrected chi connectivity index (χ4v) is 2.30. The molecule has 1 aromatic heterocycles. The number of benzene rings is 1. The van der Waals surface area contributed by atoms with Gasteiger partial charge in [-0.2, -0.15) is 4.98 Å². The first-order valence-electron chi connectivity index (χ1n) is 6.33. The van der Waals surface area contributed by atoms with Crippen LogP contribution < -0.4 is 0 Å². The van der Waals surface area contributed by atoms with Crippen LogP contribution in [0.25, 0.3) is 11.4 Å². The van der Waals surface area contributed by atoms with Crippen molar-refractivity contribution in [3.63, 3.8) is 0 Å². The first kappa shape index (κ1) is 12.0. The standard InChI is InChI=1S/C14H13FN2O2/c15-11-5-1-9(2-6-11)13-16-14(19-17-13)10-3-7-12(18)8-4-10/h1-2,5-6,10H,3-4,7-8H2. The summed E-state index contributed by atoms with van der Waals surface area (Å²) in [6.45, 7) is 0. The molecule has 1 saturated carbocycles. The Labute approximate surface area is 109 Å². The summed E-state index contributed by atoms with van der Waals surface area (Å²) in [5, 5.41) is 3.92. The van der Waals surface area contributed by atoms with Crippen molar-refractivity contribution in [1.82, 2.24) is 10.1 Å². The minimum atomic E-state index is -0.293. The molecule has 0 amide bonds. The highest BCUT2D eigenvalue weighted by Crippen LogP contribution is 2.31. The molecular weight excluding hydrogens is 247 g/mol. The SMILES string of the molecule is O=C1CCC(c2nc(-c3ccc(F)cc3)no2)CC1. The van der Waals surface area contributed by atoms with Gasteiger partial charge in [-0.25, -0.2) is 4.39 Å². The summed E-state index contributed by atoms with van der Waals surface area (Å²) in [6, 6.07) is 5.97. The van der Waals surface area contributed by atoms with Crippen LogP contribution in [-0.2, 0) is 4.79 Å². The second kappa shape index (κ2) is 4.91. The maximum atomic E-state index is 12.8. The average molecular weight is 260 g/mol. The van der Waals surface area contributed by atoms with Crippen molar-refractivity contribution in [3.05, 3.63) is 36.0 Å². The van der Waals surface area contributed by atoms with Gasteiger partial charge < -0.3 is 4.52 Å². The van der Waals surface area contributed by atoms with Crippen LogP contribution in [0.4, 0.5) is 4.39 Å². The summed E-state index contributed by atoms with van der Waals surface area (Å²) >= 11 is 0. The van der Waals surface area contributed by atoms with E-state index in [1.165, 1.54) is 12.1 Å². The minimum absolute atomic E-state index is 0.166. The molecule has 0 unspecified atom stereocenters. The van der Waals surface area contributed by atoms with Gasteiger partial charge in [0.1, 0.15) is 11.6 Å². The van der Waals surface area contributed by atoms with Crippen LogP contribution in [-0.4, -0.2) is 15.9 Å². The lowest BCUT2D eigenvalue weighted by atomic mass is 9.88. The van der Waals surface area contributed by atoms with Crippen molar-refractivity contribution in [2.24, 2.45) is 0 Å². The first-order chi connectivity index (χ1) is 9.22. The number of carbonyl (C=O) groups is 1. The fraction of sp³-hybridized carbons (Fsp3) is 0.357. The molecule has 0 spiro atoms. The van der Waals surface area contributed by atoms with Crippen molar-refractivity contribution in [3.8, 4) is 11.4 Å². The third-order valence-electron chi connectivity index (χ3n) is 3.44. The van der Waals surface area contributed by atoms with Crippen LogP contribution in [0.1, 0.15) is 37.5 Å². The van der Waals surface area contributed by atoms with E-state index in [4.69, 9.17) is 4.52 Å². The zero-order chi connectivity index (χ0) is 13.2. The van der Waals surface area contributed by atoms with Crippen molar-refractivity contribution in [1.29, 1.82) is 0 Å². The molecule has 2 aromatic rings. The quantitative estimate of drug-likeness (QED) is 0.832. The highest BCUT2D eigenvalue weighted by molar-refractivity contribution is 5.79. The number of aromatic nitrogens is 2. The molecule has 98 valence electrons. The molecular formula is C14H13FN2O2. The van der Waals surface area contributed by atoms with E-state index in [1.54, 1.807) is 12.1 Å². The Hall–Kier alpha value is -2.04. The van der Waals surface area contributed by atoms with Gasteiger partial charge in [-0.3, -0.25) is 4.79 Å². The Kier molecular flexibility index (Phi) is 3.11. The van der Waals surface area contributed by atoms with Crippen molar-refractivity contribution in [2.75, 3.05) is 0 Å². The van der Waals surface area contributed by atoms with Gasteiger partial charge in [-0.05, 0) is 37.1 Å². The minimum Gasteiger partial charge on any atom is -0.339 e. The Morgan fingerprint density at radius 2 is 1.84 bits per heavy atom. The molecule has 0 bridgehead atoms. The summed E-state index contributed by atoms with van der Waals surface area (Å²) in [6.07, 6.45) is 2.70.